The quantitative estimate of drug-likeness (QED) is 0.630. The zero-order chi connectivity index (χ0) is 14.9. The van der Waals surface area contributed by atoms with Gasteiger partial charge in [0.25, 0.3) is 11.4 Å². The van der Waals surface area contributed by atoms with Crippen molar-refractivity contribution < 1.29 is 19.7 Å². The van der Waals surface area contributed by atoms with Crippen molar-refractivity contribution in [1.82, 2.24) is 4.90 Å². The lowest BCUT2D eigenvalue weighted by molar-refractivity contribution is -0.394. The Morgan fingerprint density at radius 3 is 2.45 bits per heavy atom. The molecule has 0 spiro atoms. The van der Waals surface area contributed by atoms with Gasteiger partial charge in [0.2, 0.25) is 0 Å². The van der Waals surface area contributed by atoms with Gasteiger partial charge in [-0.25, -0.2) is 0 Å². The maximum atomic E-state index is 10.9. The van der Waals surface area contributed by atoms with E-state index in [9.17, 15) is 25.0 Å². The highest BCUT2D eigenvalue weighted by Gasteiger charge is 2.33. The third kappa shape index (κ3) is 2.72. The van der Waals surface area contributed by atoms with Gasteiger partial charge in [-0.05, 0) is 6.07 Å². The molecule has 1 saturated heterocycles. The molecule has 0 amide bonds. The molecule has 0 atom stereocenters. The van der Waals surface area contributed by atoms with Gasteiger partial charge in [0.1, 0.15) is 0 Å². The van der Waals surface area contributed by atoms with Gasteiger partial charge in [-0.1, -0.05) is 0 Å². The first kappa shape index (κ1) is 13.9. The molecule has 0 unspecified atom stereocenters. The van der Waals surface area contributed by atoms with E-state index in [0.29, 0.717) is 18.7 Å². The number of nitrogens with zero attached hydrogens (tertiary/aromatic N) is 3. The lowest BCUT2D eigenvalue weighted by Gasteiger charge is -2.36. The minimum absolute atomic E-state index is 0.206. The third-order valence-corrected chi connectivity index (χ3v) is 3.18. The molecule has 0 radical (unpaired) electrons. The highest BCUT2D eigenvalue weighted by atomic mass is 16.6. The molecule has 2 rings (SSSR count). The molecule has 1 aromatic rings. The van der Waals surface area contributed by atoms with Crippen LogP contribution in [0.3, 0.4) is 0 Å². The topological polar surface area (TPSA) is 127 Å². The van der Waals surface area contributed by atoms with Crippen molar-refractivity contribution in [1.29, 1.82) is 0 Å². The number of carboxylic acid groups (broad SMARTS) is 1. The normalized spacial score (nSPS) is 15.6. The summed E-state index contributed by atoms with van der Waals surface area (Å²) < 4.78 is 0. The molecule has 1 N–H and O–H groups in total. The number of likely N-dealkylation sites (tertiary alicyclic amines) is 1. The minimum atomic E-state index is -0.889. The molecule has 0 aromatic heterocycles. The second kappa shape index (κ2) is 5.21. The van der Waals surface area contributed by atoms with Crippen LogP contribution in [0.15, 0.2) is 18.2 Å². The maximum Gasteiger partial charge on any atom is 0.309 e. The molecule has 0 aliphatic carbocycles. The summed E-state index contributed by atoms with van der Waals surface area (Å²) >= 11 is 0. The van der Waals surface area contributed by atoms with Crippen LogP contribution in [0.5, 0.6) is 0 Å². The fraction of sp³-hybridized carbons (Fsp3) is 0.364. The van der Waals surface area contributed by atoms with E-state index in [1.165, 1.54) is 12.1 Å². The standard InChI is InChI=1S/C11H11N3O6/c15-11(16)8-5-12(6-8)4-7-1-2-9(13(17)18)3-10(7)14(19)20/h1-3,8H,4-6H2,(H,15,16). The highest BCUT2D eigenvalue weighted by molar-refractivity contribution is 5.71. The Morgan fingerprint density at radius 1 is 1.30 bits per heavy atom. The molecule has 0 bridgehead atoms. The van der Waals surface area contributed by atoms with Crippen molar-refractivity contribution in [3.8, 4) is 0 Å². The third-order valence-electron chi connectivity index (χ3n) is 3.18. The van der Waals surface area contributed by atoms with E-state index in [-0.39, 0.29) is 17.9 Å². The molecule has 106 valence electrons. The van der Waals surface area contributed by atoms with E-state index in [2.05, 4.69) is 0 Å². The number of aliphatic carboxylic acids is 1. The zero-order valence-electron chi connectivity index (χ0n) is 10.3. The van der Waals surface area contributed by atoms with Crippen molar-refractivity contribution in [3.63, 3.8) is 0 Å². The number of carboxylic acids is 1. The van der Waals surface area contributed by atoms with E-state index >= 15 is 0 Å². The first-order valence-corrected chi connectivity index (χ1v) is 5.75. The number of hydrogen-bond acceptors (Lipinski definition) is 6. The number of nitro groups is 2. The lowest BCUT2D eigenvalue weighted by atomic mass is 9.99. The number of carbonyl (C=O) groups is 1. The Kier molecular flexibility index (Phi) is 3.61. The van der Waals surface area contributed by atoms with E-state index < -0.39 is 21.7 Å². The monoisotopic (exact) mass is 281 g/mol. The predicted molar refractivity (Wildman–Crippen MR) is 66.2 cm³/mol. The van der Waals surface area contributed by atoms with Crippen LogP contribution in [-0.4, -0.2) is 38.9 Å². The molecular weight excluding hydrogens is 270 g/mol. The van der Waals surface area contributed by atoms with Crippen molar-refractivity contribution in [3.05, 3.63) is 44.0 Å². The molecule has 1 aliphatic heterocycles. The molecule has 1 fully saturated rings. The molecule has 1 aromatic carbocycles. The molecule has 9 nitrogen and oxygen atoms in total. The van der Waals surface area contributed by atoms with Crippen LogP contribution >= 0.6 is 0 Å². The number of benzene rings is 1. The molecule has 1 aliphatic rings. The second-order valence-electron chi connectivity index (χ2n) is 4.56. The van der Waals surface area contributed by atoms with E-state index in [1.54, 1.807) is 4.90 Å². The first-order chi connectivity index (χ1) is 9.38. The van der Waals surface area contributed by atoms with Crippen LogP contribution in [0.2, 0.25) is 0 Å². The van der Waals surface area contributed by atoms with Gasteiger partial charge in [-0.2, -0.15) is 0 Å². The molecule has 0 saturated carbocycles. The van der Waals surface area contributed by atoms with Crippen molar-refractivity contribution >= 4 is 17.3 Å². The van der Waals surface area contributed by atoms with Gasteiger partial charge in [0, 0.05) is 31.3 Å². The largest absolute Gasteiger partial charge is 0.481 e. The second-order valence-corrected chi connectivity index (χ2v) is 4.56. The predicted octanol–water partition coefficient (Wildman–Crippen LogP) is 1.02. The van der Waals surface area contributed by atoms with Crippen molar-refractivity contribution in [2.45, 2.75) is 6.54 Å². The summed E-state index contributed by atoms with van der Waals surface area (Å²) in [6.07, 6.45) is 0. The average molecular weight is 281 g/mol. The summed E-state index contributed by atoms with van der Waals surface area (Å²) in [5.41, 5.74) is -0.324. The number of rotatable bonds is 5. The highest BCUT2D eigenvalue weighted by Crippen LogP contribution is 2.28. The van der Waals surface area contributed by atoms with E-state index in [1.807, 2.05) is 0 Å². The number of nitro benzene ring substituents is 2. The van der Waals surface area contributed by atoms with Crippen LogP contribution < -0.4 is 0 Å². The summed E-state index contributed by atoms with van der Waals surface area (Å²) in [7, 11) is 0. The van der Waals surface area contributed by atoms with E-state index in [4.69, 9.17) is 5.11 Å². The first-order valence-electron chi connectivity index (χ1n) is 5.75. The fourth-order valence-corrected chi connectivity index (χ4v) is 2.07. The summed E-state index contributed by atoms with van der Waals surface area (Å²) in [5.74, 6) is -1.34. The average Bonchev–Trinajstić information content (AvgIpc) is 2.32. The Morgan fingerprint density at radius 2 is 1.95 bits per heavy atom. The summed E-state index contributed by atoms with van der Waals surface area (Å²) in [6, 6.07) is 3.46. The smallest absolute Gasteiger partial charge is 0.309 e. The molecule has 9 heteroatoms. The Labute approximate surface area is 112 Å². The Bertz CT molecular complexity index is 582. The summed E-state index contributed by atoms with van der Waals surface area (Å²) in [6.45, 7) is 0.852. The number of non-ortho nitro benzene ring substituents is 1. The van der Waals surface area contributed by atoms with Gasteiger partial charge < -0.3 is 5.11 Å². The molecule has 1 heterocycles. The van der Waals surface area contributed by atoms with E-state index in [0.717, 1.165) is 6.07 Å². The SMILES string of the molecule is O=C(O)C1CN(Cc2ccc([N+](=O)[O-])cc2[N+](=O)[O-])C1. The Hall–Kier alpha value is -2.55. The number of hydrogen-bond donors (Lipinski definition) is 1. The van der Waals surface area contributed by atoms with Gasteiger partial charge in [-0.15, -0.1) is 0 Å². The van der Waals surface area contributed by atoms with Crippen LogP contribution in [0.1, 0.15) is 5.56 Å². The zero-order valence-corrected chi connectivity index (χ0v) is 10.3. The molecule has 20 heavy (non-hydrogen) atoms. The fourth-order valence-electron chi connectivity index (χ4n) is 2.07. The van der Waals surface area contributed by atoms with Crippen LogP contribution in [0.25, 0.3) is 0 Å². The maximum absolute atomic E-state index is 10.9. The Balaban J connectivity index is 2.14. The van der Waals surface area contributed by atoms with Gasteiger partial charge in [-0.3, -0.25) is 29.9 Å². The molecular formula is C11H11N3O6. The van der Waals surface area contributed by atoms with Crippen molar-refractivity contribution in [2.75, 3.05) is 13.1 Å². The minimum Gasteiger partial charge on any atom is -0.481 e. The van der Waals surface area contributed by atoms with Crippen LogP contribution in [-0.2, 0) is 11.3 Å². The summed E-state index contributed by atoms with van der Waals surface area (Å²) in [4.78, 5) is 32.6. The van der Waals surface area contributed by atoms with Gasteiger partial charge >= 0.3 is 5.97 Å². The summed E-state index contributed by atoms with van der Waals surface area (Å²) in [5, 5.41) is 30.3. The van der Waals surface area contributed by atoms with Gasteiger partial charge in [0.15, 0.2) is 0 Å². The van der Waals surface area contributed by atoms with Gasteiger partial charge in [0.05, 0.1) is 21.8 Å². The van der Waals surface area contributed by atoms with Crippen LogP contribution in [0.4, 0.5) is 11.4 Å². The lowest BCUT2D eigenvalue weighted by Crippen LogP contribution is -2.49. The van der Waals surface area contributed by atoms with Crippen LogP contribution in [0, 0.1) is 26.1 Å². The van der Waals surface area contributed by atoms with Crippen molar-refractivity contribution in [2.24, 2.45) is 5.92 Å².